The van der Waals surface area contributed by atoms with E-state index in [4.69, 9.17) is 10.9 Å². The van der Waals surface area contributed by atoms with Crippen molar-refractivity contribution in [2.45, 2.75) is 6.92 Å². The number of nitrogens with two attached hydrogens (primary N) is 1. The molecule has 6 nitrogen and oxygen atoms in total. The van der Waals surface area contributed by atoms with Crippen LogP contribution in [-0.4, -0.2) is 25.6 Å². The number of fused-ring (bicyclic) bond motifs is 1. The van der Waals surface area contributed by atoms with E-state index >= 15 is 0 Å². The van der Waals surface area contributed by atoms with E-state index in [1.54, 1.807) is 10.7 Å². The number of aryl methyl sites for hydroxylation is 1. The molecule has 0 radical (unpaired) electrons. The molecule has 0 aromatic carbocycles. The van der Waals surface area contributed by atoms with Gasteiger partial charge in [-0.1, -0.05) is 5.16 Å². The summed E-state index contributed by atoms with van der Waals surface area (Å²) in [6.45, 7) is 1.91. The van der Waals surface area contributed by atoms with E-state index in [1.165, 1.54) is 6.20 Å². The Morgan fingerprint density at radius 3 is 3.07 bits per heavy atom. The van der Waals surface area contributed by atoms with E-state index in [0.29, 0.717) is 11.2 Å². The smallest absolute Gasteiger partial charge is 0.175 e. The Labute approximate surface area is 79.7 Å². The summed E-state index contributed by atoms with van der Waals surface area (Å²) in [6.07, 6.45) is 5.03. The molecular formula is C8H9N5O. The van der Waals surface area contributed by atoms with Crippen LogP contribution in [0, 0.1) is 6.92 Å². The average Bonchev–Trinajstić information content (AvgIpc) is 2.59. The summed E-state index contributed by atoms with van der Waals surface area (Å²) in [5.74, 6) is 0.0105. The molecule has 0 amide bonds. The standard InChI is InChI=1S/C8H9N5O/c1-5-2-10-8-6(7(9)12-14)3-11-13(8)4-5/h2-4,14H,1H3,(H2,9,12). The summed E-state index contributed by atoms with van der Waals surface area (Å²) in [7, 11) is 0. The highest BCUT2D eigenvalue weighted by atomic mass is 16.4. The molecule has 2 heterocycles. The Morgan fingerprint density at radius 1 is 1.57 bits per heavy atom. The van der Waals surface area contributed by atoms with E-state index in [9.17, 15) is 0 Å². The molecule has 0 fully saturated rings. The molecule has 2 rings (SSSR count). The molecular weight excluding hydrogens is 182 g/mol. The first-order valence-corrected chi connectivity index (χ1v) is 4.00. The number of aromatic nitrogens is 3. The molecule has 0 aliphatic carbocycles. The molecule has 3 N–H and O–H groups in total. The Kier molecular flexibility index (Phi) is 1.81. The zero-order valence-corrected chi connectivity index (χ0v) is 7.55. The van der Waals surface area contributed by atoms with Crippen molar-refractivity contribution in [3.05, 3.63) is 29.7 Å². The SMILES string of the molecule is Cc1cnc2c(/C(N)=N\O)cnn2c1. The van der Waals surface area contributed by atoms with Gasteiger partial charge in [-0.3, -0.25) is 0 Å². The van der Waals surface area contributed by atoms with Gasteiger partial charge >= 0.3 is 0 Å². The summed E-state index contributed by atoms with van der Waals surface area (Å²) in [4.78, 5) is 4.14. The Hall–Kier alpha value is -2.11. The van der Waals surface area contributed by atoms with Gasteiger partial charge < -0.3 is 10.9 Å². The van der Waals surface area contributed by atoms with Gasteiger partial charge in [0, 0.05) is 12.4 Å². The Morgan fingerprint density at radius 2 is 2.36 bits per heavy atom. The van der Waals surface area contributed by atoms with E-state index in [2.05, 4.69) is 15.2 Å². The Balaban J connectivity index is 2.70. The minimum absolute atomic E-state index is 0.0105. The summed E-state index contributed by atoms with van der Waals surface area (Å²) >= 11 is 0. The summed E-state index contributed by atoms with van der Waals surface area (Å²) < 4.78 is 1.59. The lowest BCUT2D eigenvalue weighted by molar-refractivity contribution is 0.318. The first-order valence-electron chi connectivity index (χ1n) is 4.00. The van der Waals surface area contributed by atoms with E-state index < -0.39 is 0 Å². The van der Waals surface area contributed by atoms with Gasteiger partial charge in [0.2, 0.25) is 0 Å². The normalized spacial score (nSPS) is 12.2. The predicted molar refractivity (Wildman–Crippen MR) is 50.2 cm³/mol. The van der Waals surface area contributed by atoms with Crippen molar-refractivity contribution in [2.75, 3.05) is 0 Å². The van der Waals surface area contributed by atoms with Crippen LogP contribution >= 0.6 is 0 Å². The molecule has 0 saturated carbocycles. The van der Waals surface area contributed by atoms with Crippen LogP contribution in [0.15, 0.2) is 23.7 Å². The monoisotopic (exact) mass is 191 g/mol. The van der Waals surface area contributed by atoms with Crippen LogP contribution in [0.4, 0.5) is 0 Å². The topological polar surface area (TPSA) is 88.8 Å². The van der Waals surface area contributed by atoms with Crippen LogP contribution in [0.2, 0.25) is 0 Å². The van der Waals surface area contributed by atoms with Crippen LogP contribution in [0.25, 0.3) is 5.65 Å². The third-order valence-electron chi connectivity index (χ3n) is 1.87. The quantitative estimate of drug-likeness (QED) is 0.290. The van der Waals surface area contributed by atoms with Gasteiger partial charge in [0.05, 0.1) is 11.8 Å². The van der Waals surface area contributed by atoms with Crippen LogP contribution in [0.3, 0.4) is 0 Å². The second-order valence-electron chi connectivity index (χ2n) is 2.94. The molecule has 2 aromatic heterocycles. The molecule has 0 aliphatic heterocycles. The molecule has 0 spiro atoms. The van der Waals surface area contributed by atoms with Gasteiger partial charge in [0.1, 0.15) is 0 Å². The van der Waals surface area contributed by atoms with Crippen molar-refractivity contribution < 1.29 is 5.21 Å². The molecule has 0 saturated heterocycles. The van der Waals surface area contributed by atoms with Gasteiger partial charge in [-0.15, -0.1) is 0 Å². The largest absolute Gasteiger partial charge is 0.409 e. The summed E-state index contributed by atoms with van der Waals surface area (Å²) in [6, 6.07) is 0. The summed E-state index contributed by atoms with van der Waals surface area (Å²) in [5.41, 5.74) is 7.54. The van der Waals surface area contributed by atoms with Crippen LogP contribution in [0.1, 0.15) is 11.1 Å². The third kappa shape index (κ3) is 1.17. The fourth-order valence-corrected chi connectivity index (χ4v) is 1.20. The zero-order chi connectivity index (χ0) is 10.1. The van der Waals surface area contributed by atoms with E-state index in [-0.39, 0.29) is 5.84 Å². The fourth-order valence-electron chi connectivity index (χ4n) is 1.20. The fraction of sp³-hybridized carbons (Fsp3) is 0.125. The van der Waals surface area contributed by atoms with Crippen LogP contribution in [0.5, 0.6) is 0 Å². The van der Waals surface area contributed by atoms with Gasteiger partial charge in [-0.05, 0) is 12.5 Å². The highest BCUT2D eigenvalue weighted by molar-refractivity contribution is 6.01. The molecule has 2 aromatic rings. The second-order valence-corrected chi connectivity index (χ2v) is 2.94. The zero-order valence-electron chi connectivity index (χ0n) is 7.55. The minimum atomic E-state index is 0.0105. The number of hydrogen-bond acceptors (Lipinski definition) is 4. The lowest BCUT2D eigenvalue weighted by atomic mass is 10.3. The number of oxime groups is 1. The van der Waals surface area contributed by atoms with Crippen molar-refractivity contribution in [1.82, 2.24) is 14.6 Å². The highest BCUT2D eigenvalue weighted by Gasteiger charge is 2.08. The number of hydrogen-bond donors (Lipinski definition) is 2. The second kappa shape index (κ2) is 2.99. The van der Waals surface area contributed by atoms with Crippen LogP contribution < -0.4 is 5.73 Å². The van der Waals surface area contributed by atoms with Crippen molar-refractivity contribution in [3.8, 4) is 0 Å². The van der Waals surface area contributed by atoms with Crippen molar-refractivity contribution in [1.29, 1.82) is 0 Å². The van der Waals surface area contributed by atoms with Crippen molar-refractivity contribution in [2.24, 2.45) is 10.9 Å². The first kappa shape index (κ1) is 8.49. The molecule has 0 atom stereocenters. The Bertz CT molecular complexity index is 501. The highest BCUT2D eigenvalue weighted by Crippen LogP contribution is 2.07. The molecule has 14 heavy (non-hydrogen) atoms. The molecule has 0 bridgehead atoms. The molecule has 72 valence electrons. The van der Waals surface area contributed by atoms with Crippen LogP contribution in [-0.2, 0) is 0 Å². The minimum Gasteiger partial charge on any atom is -0.409 e. The van der Waals surface area contributed by atoms with Gasteiger partial charge in [0.15, 0.2) is 11.5 Å². The predicted octanol–water partition coefficient (Wildman–Crippen LogP) is 0.132. The summed E-state index contributed by atoms with van der Waals surface area (Å²) in [5, 5.41) is 15.5. The lowest BCUT2D eigenvalue weighted by Crippen LogP contribution is -2.13. The maximum atomic E-state index is 8.52. The van der Waals surface area contributed by atoms with Gasteiger partial charge in [-0.2, -0.15) is 5.10 Å². The average molecular weight is 191 g/mol. The van der Waals surface area contributed by atoms with Crippen molar-refractivity contribution >= 4 is 11.5 Å². The number of rotatable bonds is 1. The number of amidine groups is 1. The van der Waals surface area contributed by atoms with E-state index in [1.807, 2.05) is 13.1 Å². The molecule has 0 unspecified atom stereocenters. The van der Waals surface area contributed by atoms with Gasteiger partial charge in [0.25, 0.3) is 0 Å². The maximum Gasteiger partial charge on any atom is 0.175 e. The lowest BCUT2D eigenvalue weighted by Gasteiger charge is -1.96. The molecule has 6 heteroatoms. The number of nitrogens with zero attached hydrogens (tertiary/aromatic N) is 4. The first-order chi connectivity index (χ1) is 6.72. The molecule has 0 aliphatic rings. The van der Waals surface area contributed by atoms with E-state index in [0.717, 1.165) is 5.56 Å². The van der Waals surface area contributed by atoms with Gasteiger partial charge in [-0.25, -0.2) is 9.50 Å². The van der Waals surface area contributed by atoms with Crippen molar-refractivity contribution in [3.63, 3.8) is 0 Å². The third-order valence-corrected chi connectivity index (χ3v) is 1.87. The maximum absolute atomic E-state index is 8.52.